The molecule has 4 aromatic rings. The van der Waals surface area contributed by atoms with Crippen LogP contribution >= 0.6 is 0 Å². The fourth-order valence-electron chi connectivity index (χ4n) is 4.71. The standard InChI is InChI=1S/C29H25FN4O3/c1-17(18-4-5-18)36-29(35)33-20-8-6-19(7-9-20)27-24(16-31)23-13-12-22(15-26(23)34(27)21-10-11-21)37-28-25(30)3-2-14-32-28/h2-3,6-9,12-15,17-18,21H,4-5,10-11H2,1H3,(H,33,35)/t17-/m1/s1. The van der Waals surface area contributed by atoms with Crippen molar-refractivity contribution in [3.05, 3.63) is 72.2 Å². The largest absolute Gasteiger partial charge is 0.446 e. The van der Waals surface area contributed by atoms with Crippen molar-refractivity contribution in [3.8, 4) is 29.0 Å². The third-order valence-corrected chi connectivity index (χ3v) is 6.92. The van der Waals surface area contributed by atoms with E-state index in [1.54, 1.807) is 6.07 Å². The average Bonchev–Trinajstić information content (AvgIpc) is 3.82. The number of nitrogens with zero attached hydrogens (tertiary/aromatic N) is 3. The Morgan fingerprint density at radius 3 is 2.62 bits per heavy atom. The molecule has 7 nitrogen and oxygen atoms in total. The SMILES string of the molecule is C[C@@H](OC(=O)Nc1ccc(-c2c(C#N)c3ccc(Oc4ncccc4F)cc3n2C2CC2)cc1)C1CC1. The minimum absolute atomic E-state index is 0.0882. The number of nitrogens with one attached hydrogen (secondary N) is 1. The molecule has 0 spiro atoms. The Kier molecular flexibility index (Phi) is 5.76. The molecule has 6 rings (SSSR count). The molecule has 2 heterocycles. The van der Waals surface area contributed by atoms with Gasteiger partial charge in [-0.25, -0.2) is 14.2 Å². The van der Waals surface area contributed by atoms with Gasteiger partial charge in [-0.15, -0.1) is 0 Å². The summed E-state index contributed by atoms with van der Waals surface area (Å²) in [5.41, 5.74) is 3.72. The Hall–Kier alpha value is -4.38. The first kappa shape index (κ1) is 23.0. The Bertz CT molecular complexity index is 1530. The van der Waals surface area contributed by atoms with Crippen molar-refractivity contribution in [2.45, 2.75) is 44.8 Å². The van der Waals surface area contributed by atoms with E-state index in [-0.39, 0.29) is 18.0 Å². The van der Waals surface area contributed by atoms with Gasteiger partial charge in [-0.1, -0.05) is 12.1 Å². The molecule has 0 aliphatic heterocycles. The average molecular weight is 497 g/mol. The van der Waals surface area contributed by atoms with Crippen LogP contribution in [-0.4, -0.2) is 21.7 Å². The van der Waals surface area contributed by atoms with Gasteiger partial charge in [0.05, 0.1) is 16.8 Å². The number of hydrogen-bond acceptors (Lipinski definition) is 5. The molecule has 1 amide bonds. The summed E-state index contributed by atoms with van der Waals surface area (Å²) in [7, 11) is 0. The van der Waals surface area contributed by atoms with Gasteiger partial charge in [0, 0.05) is 29.4 Å². The molecule has 0 radical (unpaired) electrons. The number of anilines is 1. The zero-order chi connectivity index (χ0) is 25.5. The van der Waals surface area contributed by atoms with Gasteiger partial charge >= 0.3 is 6.09 Å². The first-order valence-corrected chi connectivity index (χ1v) is 12.5. The molecular weight excluding hydrogens is 471 g/mol. The normalized spacial score (nSPS) is 15.7. The highest BCUT2D eigenvalue weighted by atomic mass is 19.1. The van der Waals surface area contributed by atoms with E-state index in [2.05, 4.69) is 20.9 Å². The summed E-state index contributed by atoms with van der Waals surface area (Å²) in [6, 6.07) is 18.3. The van der Waals surface area contributed by atoms with Gasteiger partial charge in [0.25, 0.3) is 5.88 Å². The molecule has 2 aliphatic carbocycles. The van der Waals surface area contributed by atoms with Crippen molar-refractivity contribution < 1.29 is 18.7 Å². The fraction of sp³-hybridized carbons (Fsp3) is 0.276. The highest BCUT2D eigenvalue weighted by Gasteiger charge is 2.32. The van der Waals surface area contributed by atoms with E-state index in [1.807, 2.05) is 43.3 Å². The zero-order valence-electron chi connectivity index (χ0n) is 20.3. The van der Waals surface area contributed by atoms with Crippen LogP contribution in [0.15, 0.2) is 60.8 Å². The Balaban J connectivity index is 1.32. The Labute approximate surface area is 213 Å². The van der Waals surface area contributed by atoms with E-state index >= 15 is 0 Å². The van der Waals surface area contributed by atoms with Crippen LogP contribution in [0, 0.1) is 23.1 Å². The van der Waals surface area contributed by atoms with E-state index in [0.717, 1.165) is 47.8 Å². The highest BCUT2D eigenvalue weighted by Crippen LogP contribution is 2.45. The molecule has 2 aromatic carbocycles. The lowest BCUT2D eigenvalue weighted by atomic mass is 10.1. The van der Waals surface area contributed by atoms with Gasteiger partial charge in [0.2, 0.25) is 0 Å². The van der Waals surface area contributed by atoms with Crippen LogP contribution < -0.4 is 10.1 Å². The van der Waals surface area contributed by atoms with E-state index in [4.69, 9.17) is 9.47 Å². The number of ether oxygens (including phenoxy) is 2. The number of pyridine rings is 1. The molecular formula is C29H25FN4O3. The first-order valence-electron chi connectivity index (χ1n) is 12.5. The summed E-state index contributed by atoms with van der Waals surface area (Å²) in [4.78, 5) is 16.2. The zero-order valence-corrected chi connectivity index (χ0v) is 20.3. The number of carbonyl (C=O) groups is 1. The maximum atomic E-state index is 14.1. The van der Waals surface area contributed by atoms with Gasteiger partial charge in [-0.3, -0.25) is 5.32 Å². The number of benzene rings is 2. The summed E-state index contributed by atoms with van der Waals surface area (Å²) >= 11 is 0. The lowest BCUT2D eigenvalue weighted by molar-refractivity contribution is 0.108. The molecule has 1 atom stereocenters. The van der Waals surface area contributed by atoms with Crippen LogP contribution in [-0.2, 0) is 4.74 Å². The molecule has 0 bridgehead atoms. The topological polar surface area (TPSA) is 89.2 Å². The molecule has 2 aromatic heterocycles. The van der Waals surface area contributed by atoms with Crippen molar-refractivity contribution in [2.75, 3.05) is 5.32 Å². The summed E-state index contributed by atoms with van der Waals surface area (Å²) in [6.45, 7) is 1.92. The van der Waals surface area contributed by atoms with Gasteiger partial charge < -0.3 is 14.0 Å². The number of halogens is 1. The molecule has 2 aliphatic rings. The van der Waals surface area contributed by atoms with E-state index < -0.39 is 11.9 Å². The molecule has 8 heteroatoms. The maximum absolute atomic E-state index is 14.1. The summed E-state index contributed by atoms with van der Waals surface area (Å²) in [6.07, 6.45) is 5.14. The number of rotatable bonds is 7. The van der Waals surface area contributed by atoms with E-state index in [1.165, 1.54) is 18.3 Å². The fourth-order valence-corrected chi connectivity index (χ4v) is 4.71. The minimum atomic E-state index is -0.543. The van der Waals surface area contributed by atoms with Crippen molar-refractivity contribution in [2.24, 2.45) is 5.92 Å². The van der Waals surface area contributed by atoms with Crippen molar-refractivity contribution in [1.82, 2.24) is 9.55 Å². The van der Waals surface area contributed by atoms with Crippen LogP contribution in [0.1, 0.15) is 44.2 Å². The smallest absolute Gasteiger partial charge is 0.411 e. The highest BCUT2D eigenvalue weighted by molar-refractivity contribution is 5.96. The predicted molar refractivity (Wildman–Crippen MR) is 137 cm³/mol. The third-order valence-electron chi connectivity index (χ3n) is 6.92. The van der Waals surface area contributed by atoms with Crippen molar-refractivity contribution in [1.29, 1.82) is 5.26 Å². The number of aromatic nitrogens is 2. The van der Waals surface area contributed by atoms with E-state index in [9.17, 15) is 14.4 Å². The quantitative estimate of drug-likeness (QED) is 0.292. The third kappa shape index (κ3) is 4.60. The van der Waals surface area contributed by atoms with Crippen LogP contribution in [0.2, 0.25) is 0 Å². The molecule has 1 N–H and O–H groups in total. The Morgan fingerprint density at radius 1 is 1.16 bits per heavy atom. The van der Waals surface area contributed by atoms with Gasteiger partial charge in [0.1, 0.15) is 17.9 Å². The minimum Gasteiger partial charge on any atom is -0.446 e. The van der Waals surface area contributed by atoms with Crippen LogP contribution in [0.5, 0.6) is 11.6 Å². The molecule has 2 fully saturated rings. The van der Waals surface area contributed by atoms with Crippen LogP contribution in [0.3, 0.4) is 0 Å². The molecule has 37 heavy (non-hydrogen) atoms. The van der Waals surface area contributed by atoms with Gasteiger partial charge in [-0.2, -0.15) is 5.26 Å². The summed E-state index contributed by atoms with van der Waals surface area (Å²) in [5.74, 6) is 0.271. The lowest BCUT2D eigenvalue weighted by Gasteiger charge is -2.14. The number of nitriles is 1. The van der Waals surface area contributed by atoms with Crippen LogP contribution in [0.25, 0.3) is 22.2 Å². The predicted octanol–water partition coefficient (Wildman–Crippen LogP) is 7.19. The molecule has 186 valence electrons. The molecule has 2 saturated carbocycles. The van der Waals surface area contributed by atoms with Crippen molar-refractivity contribution >= 4 is 22.7 Å². The monoisotopic (exact) mass is 496 g/mol. The molecule has 0 saturated heterocycles. The van der Waals surface area contributed by atoms with Gasteiger partial charge in [0.15, 0.2) is 5.82 Å². The second-order valence-electron chi connectivity index (χ2n) is 9.66. The summed E-state index contributed by atoms with van der Waals surface area (Å²) in [5, 5.41) is 13.7. The Morgan fingerprint density at radius 2 is 1.95 bits per heavy atom. The van der Waals surface area contributed by atoms with E-state index in [0.29, 0.717) is 22.9 Å². The number of fused-ring (bicyclic) bond motifs is 1. The maximum Gasteiger partial charge on any atom is 0.411 e. The van der Waals surface area contributed by atoms with Crippen LogP contribution in [0.4, 0.5) is 14.9 Å². The second-order valence-corrected chi connectivity index (χ2v) is 9.66. The summed E-state index contributed by atoms with van der Waals surface area (Å²) < 4.78 is 27.4. The first-order chi connectivity index (χ1) is 18.0. The second kappa shape index (κ2) is 9.25. The number of carbonyl (C=O) groups excluding carboxylic acids is 1. The lowest BCUT2D eigenvalue weighted by Crippen LogP contribution is -2.21. The van der Waals surface area contributed by atoms with Gasteiger partial charge in [-0.05, 0) is 80.5 Å². The van der Waals surface area contributed by atoms with Crippen molar-refractivity contribution in [3.63, 3.8) is 0 Å². The number of hydrogen-bond donors (Lipinski definition) is 1. The molecule has 0 unspecified atom stereocenters. The number of amides is 1.